The first-order valence-corrected chi connectivity index (χ1v) is 8.16. The number of nitrogens with zero attached hydrogens (tertiary/aromatic N) is 1. The fourth-order valence-corrected chi connectivity index (χ4v) is 2.75. The molecule has 0 fully saturated rings. The second-order valence-electron chi connectivity index (χ2n) is 4.37. The number of hydrogen-bond acceptors (Lipinski definition) is 5. The number of carboxylic acid groups (broad SMARTS) is 1. The topological polar surface area (TPSA) is 99.8 Å². The Morgan fingerprint density at radius 2 is 2.20 bits per heavy atom. The zero-order valence-electron chi connectivity index (χ0n) is 11.6. The Morgan fingerprint density at radius 3 is 2.75 bits per heavy atom. The summed E-state index contributed by atoms with van der Waals surface area (Å²) in [7, 11) is -3.15. The lowest BCUT2D eigenvalue weighted by Crippen LogP contribution is -2.32. The molecule has 1 aromatic rings. The third-order valence-corrected chi connectivity index (χ3v) is 4.22. The lowest BCUT2D eigenvalue weighted by molar-refractivity contribution is 0.0660. The molecule has 0 aliphatic heterocycles. The number of carboxylic acids is 1. The molecule has 2 N–H and O–H groups in total. The maximum Gasteiger partial charge on any atom is 0.372 e. The molecule has 1 rings (SSSR count). The Labute approximate surface area is 118 Å². The summed E-state index contributed by atoms with van der Waals surface area (Å²) in [5.41, 5.74) is 0.577. The lowest BCUT2D eigenvalue weighted by atomic mass is 10.2. The SMILES string of the molecule is CCN(CCCNCc1ccoc1C(=O)O)S(C)(=O)=O. The largest absolute Gasteiger partial charge is 0.475 e. The van der Waals surface area contributed by atoms with Gasteiger partial charge in [-0.2, -0.15) is 0 Å². The molecule has 0 spiro atoms. The van der Waals surface area contributed by atoms with Gasteiger partial charge in [0.05, 0.1) is 12.5 Å². The van der Waals surface area contributed by atoms with Gasteiger partial charge in [0, 0.05) is 25.2 Å². The molecule has 0 aliphatic carbocycles. The van der Waals surface area contributed by atoms with E-state index in [9.17, 15) is 13.2 Å². The van der Waals surface area contributed by atoms with Crippen LogP contribution in [-0.4, -0.2) is 49.7 Å². The van der Waals surface area contributed by atoms with Crippen LogP contribution in [0.4, 0.5) is 0 Å². The number of carbonyl (C=O) groups is 1. The lowest BCUT2D eigenvalue weighted by Gasteiger charge is -2.17. The minimum absolute atomic E-state index is 0.0659. The van der Waals surface area contributed by atoms with Crippen LogP contribution >= 0.6 is 0 Å². The van der Waals surface area contributed by atoms with Crippen LogP contribution in [0.15, 0.2) is 16.7 Å². The Morgan fingerprint density at radius 1 is 1.50 bits per heavy atom. The number of furan rings is 1. The number of nitrogens with one attached hydrogen (secondary N) is 1. The highest BCUT2D eigenvalue weighted by atomic mass is 32.2. The van der Waals surface area contributed by atoms with Gasteiger partial charge in [-0.25, -0.2) is 17.5 Å². The highest BCUT2D eigenvalue weighted by Gasteiger charge is 2.14. The standard InChI is InChI=1S/C12H20N2O5S/c1-3-14(20(2,17)18)7-4-6-13-9-10-5-8-19-11(10)12(15)16/h5,8,13H,3-4,6-7,9H2,1-2H3,(H,15,16). The van der Waals surface area contributed by atoms with E-state index >= 15 is 0 Å². The molecule has 0 aliphatic rings. The fourth-order valence-electron chi connectivity index (χ4n) is 1.82. The zero-order chi connectivity index (χ0) is 15.2. The molecule has 0 amide bonds. The van der Waals surface area contributed by atoms with E-state index in [-0.39, 0.29) is 5.76 Å². The van der Waals surface area contributed by atoms with Crippen molar-refractivity contribution in [1.29, 1.82) is 0 Å². The predicted octanol–water partition coefficient (Wildman–Crippen LogP) is 0.739. The average Bonchev–Trinajstić information content (AvgIpc) is 2.80. The van der Waals surface area contributed by atoms with Crippen molar-refractivity contribution in [2.75, 3.05) is 25.9 Å². The smallest absolute Gasteiger partial charge is 0.372 e. The summed E-state index contributed by atoms with van der Waals surface area (Å²) in [6.07, 6.45) is 3.18. The summed E-state index contributed by atoms with van der Waals surface area (Å²) in [4.78, 5) is 10.8. The molecule has 20 heavy (non-hydrogen) atoms. The molecule has 1 aromatic heterocycles. The van der Waals surface area contributed by atoms with Crippen LogP contribution in [0.5, 0.6) is 0 Å². The third kappa shape index (κ3) is 4.95. The van der Waals surface area contributed by atoms with Crippen molar-refractivity contribution >= 4 is 16.0 Å². The first kappa shape index (κ1) is 16.7. The summed E-state index contributed by atoms with van der Waals surface area (Å²) in [6.45, 7) is 3.65. The van der Waals surface area contributed by atoms with E-state index < -0.39 is 16.0 Å². The van der Waals surface area contributed by atoms with E-state index in [1.807, 2.05) is 0 Å². The molecule has 1 heterocycles. The van der Waals surface area contributed by atoms with Gasteiger partial charge in [0.1, 0.15) is 0 Å². The molecule has 0 atom stereocenters. The van der Waals surface area contributed by atoms with Gasteiger partial charge in [0.25, 0.3) is 0 Å². The van der Waals surface area contributed by atoms with Crippen LogP contribution in [0, 0.1) is 0 Å². The van der Waals surface area contributed by atoms with Gasteiger partial charge >= 0.3 is 5.97 Å². The molecule has 7 nitrogen and oxygen atoms in total. The molecular formula is C12H20N2O5S. The molecular weight excluding hydrogens is 284 g/mol. The normalized spacial score (nSPS) is 11.9. The van der Waals surface area contributed by atoms with E-state index in [1.54, 1.807) is 13.0 Å². The minimum atomic E-state index is -3.15. The number of hydrogen-bond donors (Lipinski definition) is 2. The summed E-state index contributed by atoms with van der Waals surface area (Å²) in [6, 6.07) is 1.60. The number of rotatable bonds is 9. The molecule has 0 aromatic carbocycles. The number of aromatic carboxylic acids is 1. The van der Waals surface area contributed by atoms with Crippen molar-refractivity contribution in [2.24, 2.45) is 0 Å². The van der Waals surface area contributed by atoms with Gasteiger partial charge in [-0.3, -0.25) is 0 Å². The van der Waals surface area contributed by atoms with E-state index in [4.69, 9.17) is 9.52 Å². The second kappa shape index (κ2) is 7.41. The van der Waals surface area contributed by atoms with Crippen LogP contribution in [0.25, 0.3) is 0 Å². The summed E-state index contributed by atoms with van der Waals surface area (Å²) in [5.74, 6) is -1.16. The predicted molar refractivity (Wildman–Crippen MR) is 74.1 cm³/mol. The Hall–Kier alpha value is -1.38. The van der Waals surface area contributed by atoms with Crippen molar-refractivity contribution in [3.8, 4) is 0 Å². The van der Waals surface area contributed by atoms with Crippen molar-refractivity contribution in [2.45, 2.75) is 19.9 Å². The van der Waals surface area contributed by atoms with Crippen molar-refractivity contribution in [3.63, 3.8) is 0 Å². The third-order valence-electron chi connectivity index (χ3n) is 2.84. The van der Waals surface area contributed by atoms with Gasteiger partial charge in [0.2, 0.25) is 15.8 Å². The first-order chi connectivity index (χ1) is 9.36. The van der Waals surface area contributed by atoms with Gasteiger partial charge in [0.15, 0.2) is 0 Å². The average molecular weight is 304 g/mol. The van der Waals surface area contributed by atoms with Gasteiger partial charge in [-0.05, 0) is 19.0 Å². The molecule has 0 saturated heterocycles. The van der Waals surface area contributed by atoms with Gasteiger partial charge in [-0.15, -0.1) is 0 Å². The maximum atomic E-state index is 11.4. The van der Waals surface area contributed by atoms with Crippen molar-refractivity contribution in [3.05, 3.63) is 23.7 Å². The summed E-state index contributed by atoms with van der Waals surface area (Å²) >= 11 is 0. The Bertz CT molecular complexity index is 538. The molecule has 0 radical (unpaired) electrons. The summed E-state index contributed by atoms with van der Waals surface area (Å²) < 4.78 is 29.0. The highest BCUT2D eigenvalue weighted by Crippen LogP contribution is 2.09. The van der Waals surface area contributed by atoms with Crippen LogP contribution in [0.2, 0.25) is 0 Å². The van der Waals surface area contributed by atoms with Crippen LogP contribution in [0.3, 0.4) is 0 Å². The van der Waals surface area contributed by atoms with Gasteiger partial charge < -0.3 is 14.8 Å². The first-order valence-electron chi connectivity index (χ1n) is 6.31. The van der Waals surface area contributed by atoms with E-state index in [0.717, 1.165) is 0 Å². The fraction of sp³-hybridized carbons (Fsp3) is 0.583. The Kier molecular flexibility index (Phi) is 6.18. The maximum absolute atomic E-state index is 11.4. The van der Waals surface area contributed by atoms with Crippen molar-refractivity contribution < 1.29 is 22.7 Å². The van der Waals surface area contributed by atoms with E-state index in [2.05, 4.69) is 5.32 Å². The Balaban J connectivity index is 2.32. The second-order valence-corrected chi connectivity index (χ2v) is 6.35. The van der Waals surface area contributed by atoms with E-state index in [1.165, 1.54) is 16.8 Å². The quantitative estimate of drug-likeness (QED) is 0.653. The summed E-state index contributed by atoms with van der Waals surface area (Å²) in [5, 5.41) is 11.9. The molecule has 8 heteroatoms. The number of sulfonamides is 1. The van der Waals surface area contributed by atoms with Crippen molar-refractivity contribution in [1.82, 2.24) is 9.62 Å². The van der Waals surface area contributed by atoms with Crippen LogP contribution < -0.4 is 5.32 Å². The zero-order valence-corrected chi connectivity index (χ0v) is 12.4. The van der Waals surface area contributed by atoms with Crippen LogP contribution in [-0.2, 0) is 16.6 Å². The molecule has 0 saturated carbocycles. The van der Waals surface area contributed by atoms with Crippen LogP contribution in [0.1, 0.15) is 29.5 Å². The molecule has 0 bridgehead atoms. The monoisotopic (exact) mass is 304 g/mol. The molecule has 114 valence electrons. The molecule has 0 unspecified atom stereocenters. The van der Waals surface area contributed by atoms with E-state index in [0.29, 0.717) is 38.2 Å². The van der Waals surface area contributed by atoms with Gasteiger partial charge in [-0.1, -0.05) is 6.92 Å². The minimum Gasteiger partial charge on any atom is -0.475 e. The highest BCUT2D eigenvalue weighted by molar-refractivity contribution is 7.88.